The number of anilines is 3. The van der Waals surface area contributed by atoms with Gasteiger partial charge in [0.05, 0.1) is 10.4 Å². The first kappa shape index (κ1) is 15.3. The van der Waals surface area contributed by atoms with Crippen molar-refractivity contribution in [3.05, 3.63) is 58.6 Å². The number of nitrogens with one attached hydrogen (secondary N) is 1. The van der Waals surface area contributed by atoms with Crippen LogP contribution in [0.5, 0.6) is 0 Å². The van der Waals surface area contributed by atoms with E-state index < -0.39 is 4.92 Å². The molecule has 1 saturated heterocycles. The SMILES string of the molecule is O=[N+]([O-])c1cccc(Nc2nc(N3CCCC3)c3ccccc3n2)c1. The Morgan fingerprint density at radius 1 is 1.04 bits per heavy atom. The highest BCUT2D eigenvalue weighted by molar-refractivity contribution is 5.90. The van der Waals surface area contributed by atoms with E-state index in [1.165, 1.54) is 12.1 Å². The molecule has 0 radical (unpaired) electrons. The second kappa shape index (κ2) is 6.35. The summed E-state index contributed by atoms with van der Waals surface area (Å²) in [6.07, 6.45) is 2.32. The second-order valence-corrected chi connectivity index (χ2v) is 6.01. The molecule has 0 aliphatic carbocycles. The predicted molar refractivity (Wildman–Crippen MR) is 97.4 cm³/mol. The molecule has 0 atom stereocenters. The van der Waals surface area contributed by atoms with Crippen LogP contribution in [0.2, 0.25) is 0 Å². The minimum absolute atomic E-state index is 0.0329. The Morgan fingerprint density at radius 2 is 1.84 bits per heavy atom. The van der Waals surface area contributed by atoms with E-state index in [0.29, 0.717) is 11.6 Å². The fourth-order valence-electron chi connectivity index (χ4n) is 3.11. The van der Waals surface area contributed by atoms with Crippen molar-refractivity contribution in [2.75, 3.05) is 23.3 Å². The van der Waals surface area contributed by atoms with Gasteiger partial charge in [-0.25, -0.2) is 4.98 Å². The van der Waals surface area contributed by atoms with Crippen molar-refractivity contribution >= 4 is 34.0 Å². The summed E-state index contributed by atoms with van der Waals surface area (Å²) in [6.45, 7) is 1.97. The van der Waals surface area contributed by atoms with Gasteiger partial charge in [0, 0.05) is 36.3 Å². The Morgan fingerprint density at radius 3 is 2.64 bits per heavy atom. The zero-order valence-electron chi connectivity index (χ0n) is 13.6. The monoisotopic (exact) mass is 335 g/mol. The number of nitro benzene ring substituents is 1. The summed E-state index contributed by atoms with van der Waals surface area (Å²) in [5.74, 6) is 1.36. The third-order valence-electron chi connectivity index (χ3n) is 4.30. The van der Waals surface area contributed by atoms with Gasteiger partial charge >= 0.3 is 0 Å². The van der Waals surface area contributed by atoms with Crippen LogP contribution in [-0.4, -0.2) is 28.0 Å². The third kappa shape index (κ3) is 3.08. The van der Waals surface area contributed by atoms with Crippen molar-refractivity contribution in [3.63, 3.8) is 0 Å². The van der Waals surface area contributed by atoms with Gasteiger partial charge in [-0.2, -0.15) is 4.98 Å². The van der Waals surface area contributed by atoms with Crippen molar-refractivity contribution in [2.24, 2.45) is 0 Å². The van der Waals surface area contributed by atoms with E-state index in [2.05, 4.69) is 20.2 Å². The normalized spacial score (nSPS) is 14.0. The van der Waals surface area contributed by atoms with Gasteiger partial charge in [-0.05, 0) is 31.0 Å². The number of fused-ring (bicyclic) bond motifs is 1. The quantitative estimate of drug-likeness (QED) is 0.575. The summed E-state index contributed by atoms with van der Waals surface area (Å²) < 4.78 is 0. The second-order valence-electron chi connectivity index (χ2n) is 6.01. The first-order valence-corrected chi connectivity index (χ1v) is 8.24. The number of hydrogen-bond acceptors (Lipinski definition) is 6. The van der Waals surface area contributed by atoms with E-state index >= 15 is 0 Å². The molecule has 4 rings (SSSR count). The van der Waals surface area contributed by atoms with E-state index in [0.717, 1.165) is 42.7 Å². The third-order valence-corrected chi connectivity index (χ3v) is 4.30. The largest absolute Gasteiger partial charge is 0.356 e. The summed E-state index contributed by atoms with van der Waals surface area (Å²) in [5, 5.41) is 15.1. The highest BCUT2D eigenvalue weighted by atomic mass is 16.6. The van der Waals surface area contributed by atoms with Gasteiger partial charge in [0.15, 0.2) is 0 Å². The minimum Gasteiger partial charge on any atom is -0.356 e. The first-order chi connectivity index (χ1) is 12.2. The lowest BCUT2D eigenvalue weighted by atomic mass is 10.2. The maximum Gasteiger partial charge on any atom is 0.271 e. The van der Waals surface area contributed by atoms with Crippen molar-refractivity contribution in [2.45, 2.75) is 12.8 Å². The van der Waals surface area contributed by atoms with Crippen LogP contribution < -0.4 is 10.2 Å². The van der Waals surface area contributed by atoms with Gasteiger partial charge in [0.1, 0.15) is 5.82 Å². The topological polar surface area (TPSA) is 84.2 Å². The molecule has 1 aliphatic heterocycles. The van der Waals surface area contributed by atoms with Crippen LogP contribution in [0.15, 0.2) is 48.5 Å². The van der Waals surface area contributed by atoms with Crippen molar-refractivity contribution in [1.82, 2.24) is 9.97 Å². The van der Waals surface area contributed by atoms with Gasteiger partial charge in [0.25, 0.3) is 5.69 Å². The highest BCUT2D eigenvalue weighted by Crippen LogP contribution is 2.29. The number of nitro groups is 1. The van der Waals surface area contributed by atoms with Crippen molar-refractivity contribution < 1.29 is 4.92 Å². The molecule has 0 bridgehead atoms. The summed E-state index contributed by atoms with van der Waals surface area (Å²) in [5.41, 5.74) is 1.48. The number of para-hydroxylation sites is 1. The van der Waals surface area contributed by atoms with E-state index in [4.69, 9.17) is 0 Å². The maximum atomic E-state index is 10.9. The van der Waals surface area contributed by atoms with E-state index in [-0.39, 0.29) is 5.69 Å². The summed E-state index contributed by atoms with van der Waals surface area (Å²) in [7, 11) is 0. The molecular weight excluding hydrogens is 318 g/mol. The van der Waals surface area contributed by atoms with Gasteiger partial charge < -0.3 is 10.2 Å². The Labute approximate surface area is 144 Å². The van der Waals surface area contributed by atoms with Crippen molar-refractivity contribution in [3.8, 4) is 0 Å². The maximum absolute atomic E-state index is 10.9. The number of non-ortho nitro benzene ring substituents is 1. The molecule has 2 aromatic carbocycles. The minimum atomic E-state index is -0.415. The van der Waals surface area contributed by atoms with Gasteiger partial charge in [-0.3, -0.25) is 10.1 Å². The van der Waals surface area contributed by atoms with Gasteiger partial charge in [-0.15, -0.1) is 0 Å². The first-order valence-electron chi connectivity index (χ1n) is 8.24. The molecular formula is C18H17N5O2. The summed E-state index contributed by atoms with van der Waals surface area (Å²) in [4.78, 5) is 22.0. The fraction of sp³-hybridized carbons (Fsp3) is 0.222. The molecule has 0 amide bonds. The van der Waals surface area contributed by atoms with Crippen LogP contribution in [0.4, 0.5) is 23.1 Å². The molecule has 126 valence electrons. The van der Waals surface area contributed by atoms with E-state index in [1.54, 1.807) is 12.1 Å². The van der Waals surface area contributed by atoms with Gasteiger partial charge in [0.2, 0.25) is 5.95 Å². The van der Waals surface area contributed by atoms with Crippen LogP contribution in [-0.2, 0) is 0 Å². The van der Waals surface area contributed by atoms with Crippen LogP contribution >= 0.6 is 0 Å². The fourth-order valence-corrected chi connectivity index (χ4v) is 3.11. The van der Waals surface area contributed by atoms with Crippen molar-refractivity contribution in [1.29, 1.82) is 0 Å². The van der Waals surface area contributed by atoms with Crippen LogP contribution in [0.25, 0.3) is 10.9 Å². The highest BCUT2D eigenvalue weighted by Gasteiger charge is 2.18. The smallest absolute Gasteiger partial charge is 0.271 e. The Kier molecular flexibility index (Phi) is 3.89. The lowest BCUT2D eigenvalue weighted by Gasteiger charge is -2.19. The molecule has 7 heteroatoms. The van der Waals surface area contributed by atoms with Gasteiger partial charge in [-0.1, -0.05) is 18.2 Å². The lowest BCUT2D eigenvalue weighted by Crippen LogP contribution is -2.20. The molecule has 0 saturated carbocycles. The predicted octanol–water partition coefficient (Wildman–Crippen LogP) is 3.88. The number of benzene rings is 2. The summed E-state index contributed by atoms with van der Waals surface area (Å²) in [6, 6.07) is 14.3. The Balaban J connectivity index is 1.74. The Hall–Kier alpha value is -3.22. The Bertz CT molecular complexity index is 938. The molecule has 1 aromatic heterocycles. The molecule has 7 nitrogen and oxygen atoms in total. The number of hydrogen-bond donors (Lipinski definition) is 1. The molecule has 3 aromatic rings. The standard InChI is InChI=1S/C18H17N5O2/c24-23(25)14-7-5-6-13(12-14)19-18-20-16-9-2-1-8-15(16)17(21-18)22-10-3-4-11-22/h1-2,5-9,12H,3-4,10-11H2,(H,19,20,21). The molecule has 2 heterocycles. The van der Waals surface area contributed by atoms with Crippen LogP contribution in [0, 0.1) is 10.1 Å². The van der Waals surface area contributed by atoms with Crippen LogP contribution in [0.3, 0.4) is 0 Å². The van der Waals surface area contributed by atoms with E-state index in [9.17, 15) is 10.1 Å². The zero-order valence-corrected chi connectivity index (χ0v) is 13.6. The molecule has 25 heavy (non-hydrogen) atoms. The lowest BCUT2D eigenvalue weighted by molar-refractivity contribution is -0.384. The zero-order chi connectivity index (χ0) is 17.2. The number of aromatic nitrogens is 2. The molecule has 1 aliphatic rings. The average molecular weight is 335 g/mol. The molecule has 0 spiro atoms. The average Bonchev–Trinajstić information content (AvgIpc) is 3.16. The molecule has 0 unspecified atom stereocenters. The molecule has 1 fully saturated rings. The number of nitrogens with zero attached hydrogens (tertiary/aromatic N) is 4. The molecule has 1 N–H and O–H groups in total. The van der Waals surface area contributed by atoms with E-state index in [1.807, 2.05) is 24.3 Å². The summed E-state index contributed by atoms with van der Waals surface area (Å²) >= 11 is 0. The van der Waals surface area contributed by atoms with Crippen LogP contribution in [0.1, 0.15) is 12.8 Å². The number of rotatable bonds is 4.